The third kappa shape index (κ3) is 3.75. The average Bonchev–Trinajstić information content (AvgIpc) is 2.81. The van der Waals surface area contributed by atoms with E-state index >= 15 is 0 Å². The van der Waals surface area contributed by atoms with E-state index in [0.717, 1.165) is 34.7 Å². The second-order valence-corrected chi connectivity index (χ2v) is 8.69. The first kappa shape index (κ1) is 18.4. The summed E-state index contributed by atoms with van der Waals surface area (Å²) in [5.74, 6) is 1.72. The molecule has 2 atom stereocenters. The highest BCUT2D eigenvalue weighted by Crippen LogP contribution is 2.38. The fraction of sp³-hybridized carbons (Fsp3) is 0.611. The van der Waals surface area contributed by atoms with E-state index in [4.69, 9.17) is 16.3 Å². The predicted octanol–water partition coefficient (Wildman–Crippen LogP) is 4.70. The molecule has 0 radical (unpaired) electrons. The Hall–Kier alpha value is -1.40. The molecule has 1 saturated heterocycles. The summed E-state index contributed by atoms with van der Waals surface area (Å²) in [5.41, 5.74) is 0.878. The molecule has 2 aromatic rings. The number of hydrogen-bond donors (Lipinski definition) is 0. The Morgan fingerprint density at radius 3 is 2.52 bits per heavy atom. The minimum absolute atomic E-state index is 0.157. The number of anilines is 1. The highest BCUT2D eigenvalue weighted by atomic mass is 35.5. The molecule has 1 aliphatic heterocycles. The minimum Gasteiger partial charge on any atom is -0.459 e. The highest BCUT2D eigenvalue weighted by Gasteiger charge is 2.28. The maximum Gasteiger partial charge on any atom is 0.348 e. The van der Waals surface area contributed by atoms with Crippen LogP contribution in [0.4, 0.5) is 5.82 Å². The van der Waals surface area contributed by atoms with E-state index in [-0.39, 0.29) is 17.4 Å². The number of carbonyl (C=O) groups excluding carboxylic acids is 1. The molecule has 5 nitrogen and oxygen atoms in total. The first-order valence-electron chi connectivity index (χ1n) is 8.68. The Morgan fingerprint density at radius 1 is 1.28 bits per heavy atom. The summed E-state index contributed by atoms with van der Waals surface area (Å²) in [5, 5.41) is 1.14. The topological polar surface area (TPSA) is 55.3 Å². The summed E-state index contributed by atoms with van der Waals surface area (Å²) in [6, 6.07) is 0. The molecule has 0 aromatic carbocycles. The Labute approximate surface area is 157 Å². The van der Waals surface area contributed by atoms with Crippen molar-refractivity contribution in [3.05, 3.63) is 15.7 Å². The summed E-state index contributed by atoms with van der Waals surface area (Å²) >= 11 is 7.51. The van der Waals surface area contributed by atoms with Crippen LogP contribution in [0.25, 0.3) is 10.2 Å². The molecule has 0 N–H and O–H groups in total. The molecule has 25 heavy (non-hydrogen) atoms. The molecule has 1 fully saturated rings. The van der Waals surface area contributed by atoms with Crippen LogP contribution in [0.2, 0.25) is 5.28 Å². The summed E-state index contributed by atoms with van der Waals surface area (Å²) in [4.78, 5) is 24.9. The quantitative estimate of drug-likeness (QED) is 0.569. The van der Waals surface area contributed by atoms with Gasteiger partial charge in [0.1, 0.15) is 15.5 Å². The number of fused-ring (bicyclic) bond motifs is 1. The number of aromatic nitrogens is 2. The van der Waals surface area contributed by atoms with Crippen molar-refractivity contribution in [1.82, 2.24) is 9.97 Å². The molecular formula is C18H24ClN3O2S. The van der Waals surface area contributed by atoms with Gasteiger partial charge in [0.25, 0.3) is 0 Å². The molecule has 0 saturated carbocycles. The third-order valence-electron chi connectivity index (χ3n) is 4.44. The number of aryl methyl sites for hydroxylation is 1. The summed E-state index contributed by atoms with van der Waals surface area (Å²) in [6.45, 7) is 12.0. The first-order chi connectivity index (χ1) is 11.8. The summed E-state index contributed by atoms with van der Waals surface area (Å²) < 4.78 is 5.37. The molecule has 3 heterocycles. The van der Waals surface area contributed by atoms with E-state index in [9.17, 15) is 4.79 Å². The number of rotatable bonds is 3. The van der Waals surface area contributed by atoms with Crippen molar-refractivity contribution in [2.24, 2.45) is 11.8 Å². The van der Waals surface area contributed by atoms with Gasteiger partial charge in [-0.15, -0.1) is 11.3 Å². The standard InChI is InChI=1S/C18H24ClN3O2S/c1-9(2)24-17(23)14-12(5)13-15(20-18(19)21-16(13)25-14)22-7-10(3)6-11(4)8-22/h9-11H,6-8H2,1-5H3. The van der Waals surface area contributed by atoms with Crippen molar-refractivity contribution in [3.8, 4) is 0 Å². The SMILES string of the molecule is Cc1c(C(=O)OC(C)C)sc2nc(Cl)nc(N3CC(C)CC(C)C3)c12. The smallest absolute Gasteiger partial charge is 0.348 e. The van der Waals surface area contributed by atoms with Crippen LogP contribution in [-0.2, 0) is 4.74 Å². The summed E-state index contributed by atoms with van der Waals surface area (Å²) in [7, 11) is 0. The van der Waals surface area contributed by atoms with Gasteiger partial charge in [-0.3, -0.25) is 0 Å². The van der Waals surface area contributed by atoms with Crippen LogP contribution in [0.3, 0.4) is 0 Å². The number of nitrogens with zero attached hydrogens (tertiary/aromatic N) is 3. The molecule has 136 valence electrons. The van der Waals surface area contributed by atoms with Crippen LogP contribution in [0.5, 0.6) is 0 Å². The molecule has 7 heteroatoms. The monoisotopic (exact) mass is 381 g/mol. The Balaban J connectivity index is 2.09. The number of thiophene rings is 1. The van der Waals surface area contributed by atoms with Crippen LogP contribution in [0, 0.1) is 18.8 Å². The van der Waals surface area contributed by atoms with Gasteiger partial charge >= 0.3 is 5.97 Å². The van der Waals surface area contributed by atoms with E-state index in [1.165, 1.54) is 17.8 Å². The number of halogens is 1. The molecule has 3 rings (SSSR count). The normalized spacial score (nSPS) is 21.2. The molecular weight excluding hydrogens is 358 g/mol. The zero-order chi connectivity index (χ0) is 18.3. The van der Waals surface area contributed by atoms with Crippen LogP contribution in [-0.4, -0.2) is 35.1 Å². The molecule has 0 bridgehead atoms. The van der Waals surface area contributed by atoms with Gasteiger partial charge in [0.2, 0.25) is 5.28 Å². The van der Waals surface area contributed by atoms with Crippen LogP contribution in [0.15, 0.2) is 0 Å². The summed E-state index contributed by atoms with van der Waals surface area (Å²) in [6.07, 6.45) is 1.06. The average molecular weight is 382 g/mol. The van der Waals surface area contributed by atoms with Crippen molar-refractivity contribution in [2.45, 2.75) is 47.1 Å². The predicted molar refractivity (Wildman–Crippen MR) is 103 cm³/mol. The van der Waals surface area contributed by atoms with E-state index in [2.05, 4.69) is 28.7 Å². The lowest BCUT2D eigenvalue weighted by molar-refractivity contribution is 0.0383. The van der Waals surface area contributed by atoms with E-state index in [1.54, 1.807) is 0 Å². The lowest BCUT2D eigenvalue weighted by atomic mass is 9.92. The van der Waals surface area contributed by atoms with Gasteiger partial charge in [-0.25, -0.2) is 9.78 Å². The fourth-order valence-electron chi connectivity index (χ4n) is 3.62. The van der Waals surface area contributed by atoms with Gasteiger partial charge in [-0.1, -0.05) is 13.8 Å². The van der Waals surface area contributed by atoms with Crippen LogP contribution < -0.4 is 4.90 Å². The Bertz CT molecular complexity index is 795. The zero-order valence-corrected chi connectivity index (χ0v) is 16.9. The van der Waals surface area contributed by atoms with Crippen molar-refractivity contribution in [3.63, 3.8) is 0 Å². The molecule has 2 aromatic heterocycles. The number of hydrogen-bond acceptors (Lipinski definition) is 6. The number of esters is 1. The minimum atomic E-state index is -0.307. The van der Waals surface area contributed by atoms with Crippen molar-refractivity contribution < 1.29 is 9.53 Å². The maximum absolute atomic E-state index is 12.4. The Morgan fingerprint density at radius 2 is 1.92 bits per heavy atom. The van der Waals surface area contributed by atoms with Gasteiger partial charge in [-0.05, 0) is 56.2 Å². The van der Waals surface area contributed by atoms with Gasteiger partial charge in [-0.2, -0.15) is 4.98 Å². The van der Waals surface area contributed by atoms with Gasteiger partial charge < -0.3 is 9.64 Å². The Kier molecular flexibility index (Phi) is 5.21. The van der Waals surface area contributed by atoms with E-state index in [1.807, 2.05) is 20.8 Å². The highest BCUT2D eigenvalue weighted by molar-refractivity contribution is 7.20. The fourth-order valence-corrected chi connectivity index (χ4v) is 4.89. The lowest BCUT2D eigenvalue weighted by Crippen LogP contribution is -2.39. The molecule has 0 amide bonds. The molecule has 1 aliphatic rings. The number of ether oxygens (including phenoxy) is 1. The number of piperidine rings is 1. The molecule has 0 spiro atoms. The second-order valence-electron chi connectivity index (χ2n) is 7.36. The zero-order valence-electron chi connectivity index (χ0n) is 15.3. The maximum atomic E-state index is 12.4. The largest absolute Gasteiger partial charge is 0.459 e. The van der Waals surface area contributed by atoms with Crippen LogP contribution in [0.1, 0.15) is 49.4 Å². The number of carbonyl (C=O) groups is 1. The second kappa shape index (κ2) is 7.08. The van der Waals surface area contributed by atoms with Crippen molar-refractivity contribution in [1.29, 1.82) is 0 Å². The van der Waals surface area contributed by atoms with Gasteiger partial charge in [0, 0.05) is 13.1 Å². The molecule has 0 aliphatic carbocycles. The third-order valence-corrected chi connectivity index (χ3v) is 5.78. The van der Waals surface area contributed by atoms with E-state index in [0.29, 0.717) is 16.7 Å². The molecule has 2 unspecified atom stereocenters. The first-order valence-corrected chi connectivity index (χ1v) is 9.88. The van der Waals surface area contributed by atoms with E-state index < -0.39 is 0 Å². The lowest BCUT2D eigenvalue weighted by Gasteiger charge is -2.36. The van der Waals surface area contributed by atoms with Gasteiger partial charge in [0.15, 0.2) is 0 Å². The van der Waals surface area contributed by atoms with Crippen LogP contribution >= 0.6 is 22.9 Å². The van der Waals surface area contributed by atoms with Crippen molar-refractivity contribution >= 4 is 44.9 Å². The van der Waals surface area contributed by atoms with Crippen molar-refractivity contribution in [2.75, 3.05) is 18.0 Å². The van der Waals surface area contributed by atoms with Gasteiger partial charge in [0.05, 0.1) is 11.5 Å².